The van der Waals surface area contributed by atoms with E-state index in [0.29, 0.717) is 0 Å². The summed E-state index contributed by atoms with van der Waals surface area (Å²) < 4.78 is 37.6. The van der Waals surface area contributed by atoms with Crippen molar-refractivity contribution in [2.45, 2.75) is 226 Å². The molecule has 6 heteroatoms. The average Bonchev–Trinajstić information content (AvgIpc) is 2.96. The first-order valence-electron chi connectivity index (χ1n) is 19.1. The summed E-state index contributed by atoms with van der Waals surface area (Å²) in [5.74, 6) is 0.197. The van der Waals surface area contributed by atoms with E-state index >= 15 is 0 Å². The SMILES string of the molecule is CCCCCCCCCCCCCCCCCCCCCCC(CCCCCCCCCCCCC)COS(=O)(=O)[O-].[K+]. The fraction of sp³-hybridized carbons (Fsp3) is 1.00. The van der Waals surface area contributed by atoms with Crippen LogP contribution < -0.4 is 51.4 Å². The summed E-state index contributed by atoms with van der Waals surface area (Å²) in [6.07, 6.45) is 43.9. The fourth-order valence-corrected chi connectivity index (χ4v) is 6.64. The maximum absolute atomic E-state index is 11.0. The van der Waals surface area contributed by atoms with Crippen LogP contribution in [0.1, 0.15) is 226 Å². The summed E-state index contributed by atoms with van der Waals surface area (Å²) in [5, 5.41) is 0. The van der Waals surface area contributed by atoms with Gasteiger partial charge in [0.25, 0.3) is 0 Å². The molecule has 0 radical (unpaired) electrons. The second kappa shape index (κ2) is 38.0. The van der Waals surface area contributed by atoms with Gasteiger partial charge in [-0.05, 0) is 18.8 Å². The zero-order chi connectivity index (χ0) is 30.8. The van der Waals surface area contributed by atoms with Gasteiger partial charge in [0.15, 0.2) is 0 Å². The summed E-state index contributed by atoms with van der Waals surface area (Å²) in [6.45, 7) is 4.62. The number of hydrogen-bond donors (Lipinski definition) is 0. The van der Waals surface area contributed by atoms with Crippen LogP contribution in [0, 0.1) is 5.92 Å². The summed E-state index contributed by atoms with van der Waals surface area (Å²) in [5.41, 5.74) is 0. The number of unbranched alkanes of at least 4 members (excludes halogenated alkanes) is 29. The van der Waals surface area contributed by atoms with Crippen LogP contribution in [0.2, 0.25) is 0 Å². The van der Waals surface area contributed by atoms with Crippen molar-refractivity contribution in [1.29, 1.82) is 0 Å². The third-order valence-corrected chi connectivity index (χ3v) is 9.55. The zero-order valence-electron chi connectivity index (χ0n) is 29.7. The first-order valence-corrected chi connectivity index (χ1v) is 20.4. The van der Waals surface area contributed by atoms with Gasteiger partial charge in [0.1, 0.15) is 0 Å². The molecule has 0 saturated heterocycles. The van der Waals surface area contributed by atoms with Gasteiger partial charge in [-0.15, -0.1) is 0 Å². The van der Waals surface area contributed by atoms with Crippen LogP contribution in [0.25, 0.3) is 0 Å². The molecule has 0 aromatic heterocycles. The molecule has 43 heavy (non-hydrogen) atoms. The Morgan fingerprint density at radius 2 is 0.628 bits per heavy atom. The molecule has 0 aliphatic carbocycles. The molecular formula is C37H75KO4S. The van der Waals surface area contributed by atoms with Crippen molar-refractivity contribution in [3.63, 3.8) is 0 Å². The molecule has 0 spiro atoms. The van der Waals surface area contributed by atoms with Crippen molar-refractivity contribution in [3.8, 4) is 0 Å². The zero-order valence-corrected chi connectivity index (χ0v) is 33.6. The van der Waals surface area contributed by atoms with Gasteiger partial charge in [-0.1, -0.05) is 213 Å². The fourth-order valence-electron chi connectivity index (χ4n) is 6.28. The van der Waals surface area contributed by atoms with Gasteiger partial charge in [0.05, 0.1) is 6.61 Å². The third-order valence-electron chi connectivity index (χ3n) is 9.13. The molecule has 254 valence electrons. The molecule has 0 heterocycles. The molecule has 4 nitrogen and oxygen atoms in total. The van der Waals surface area contributed by atoms with Gasteiger partial charge < -0.3 is 4.55 Å². The van der Waals surface area contributed by atoms with Crippen LogP contribution in [0.5, 0.6) is 0 Å². The quantitative estimate of drug-likeness (QED) is 0.0292. The molecule has 0 fully saturated rings. The molecule has 0 amide bonds. The first kappa shape index (κ1) is 46.6. The van der Waals surface area contributed by atoms with E-state index in [1.165, 1.54) is 186 Å². The summed E-state index contributed by atoms with van der Waals surface area (Å²) >= 11 is 0. The summed E-state index contributed by atoms with van der Waals surface area (Å²) in [7, 11) is -4.59. The Kier molecular flexibility index (Phi) is 41.2. The molecule has 0 rings (SSSR count). The van der Waals surface area contributed by atoms with Crippen molar-refractivity contribution in [3.05, 3.63) is 0 Å². The second-order valence-corrected chi connectivity index (χ2v) is 14.4. The smallest absolute Gasteiger partial charge is 0.726 e. The Balaban J connectivity index is 0. The topological polar surface area (TPSA) is 66.4 Å². The van der Waals surface area contributed by atoms with Crippen LogP contribution in [-0.2, 0) is 14.6 Å². The van der Waals surface area contributed by atoms with E-state index in [9.17, 15) is 13.0 Å². The Morgan fingerprint density at radius 1 is 0.419 bits per heavy atom. The molecule has 0 aliphatic rings. The van der Waals surface area contributed by atoms with Gasteiger partial charge >= 0.3 is 51.4 Å². The predicted molar refractivity (Wildman–Crippen MR) is 183 cm³/mol. The molecule has 0 saturated carbocycles. The van der Waals surface area contributed by atoms with Gasteiger partial charge in [-0.25, -0.2) is 8.42 Å². The van der Waals surface area contributed by atoms with Gasteiger partial charge in [-0.3, -0.25) is 4.18 Å². The van der Waals surface area contributed by atoms with Crippen molar-refractivity contribution < 1.29 is 68.5 Å². The van der Waals surface area contributed by atoms with Crippen LogP contribution in [0.4, 0.5) is 0 Å². The normalized spacial score (nSPS) is 12.4. The molecule has 0 aromatic rings. The molecule has 0 bridgehead atoms. The molecule has 1 atom stereocenters. The Hall–Kier alpha value is 1.51. The Morgan fingerprint density at radius 3 is 0.837 bits per heavy atom. The van der Waals surface area contributed by atoms with Crippen LogP contribution >= 0.6 is 0 Å². The Labute approximate surface area is 314 Å². The molecule has 0 aliphatic heterocycles. The van der Waals surface area contributed by atoms with Crippen molar-refractivity contribution in [2.75, 3.05) is 6.61 Å². The monoisotopic (exact) mass is 655 g/mol. The van der Waals surface area contributed by atoms with Gasteiger partial charge in [0.2, 0.25) is 10.4 Å². The van der Waals surface area contributed by atoms with Crippen LogP contribution in [0.3, 0.4) is 0 Å². The maximum Gasteiger partial charge on any atom is 1.00 e. The molecule has 0 aromatic carbocycles. The van der Waals surface area contributed by atoms with E-state index < -0.39 is 10.4 Å². The van der Waals surface area contributed by atoms with Gasteiger partial charge in [-0.2, -0.15) is 0 Å². The van der Waals surface area contributed by atoms with Crippen LogP contribution in [0.15, 0.2) is 0 Å². The van der Waals surface area contributed by atoms with Crippen molar-refractivity contribution in [2.24, 2.45) is 5.92 Å². The standard InChI is InChI=1S/C37H76O4S.K/c1-3-5-7-9-11-13-15-16-17-18-19-20-21-22-23-25-27-29-31-33-35-37(36-41-42(38,39)40)34-32-30-28-26-24-14-12-10-8-6-4-2;/h37H,3-36H2,1-2H3,(H,38,39,40);/q;+1/p-1. The predicted octanol–water partition coefficient (Wildman–Crippen LogP) is 10.00. The van der Waals surface area contributed by atoms with E-state index in [1.54, 1.807) is 0 Å². The Bertz CT molecular complexity index is 614. The van der Waals surface area contributed by atoms with Crippen LogP contribution in [-0.4, -0.2) is 19.6 Å². The summed E-state index contributed by atoms with van der Waals surface area (Å²) in [6, 6.07) is 0. The molecule has 0 N–H and O–H groups in total. The first-order chi connectivity index (χ1) is 20.5. The van der Waals surface area contributed by atoms with E-state index in [1.807, 2.05) is 0 Å². The van der Waals surface area contributed by atoms with Crippen molar-refractivity contribution >= 4 is 10.4 Å². The summed E-state index contributed by atoms with van der Waals surface area (Å²) in [4.78, 5) is 0. The largest absolute Gasteiger partial charge is 1.00 e. The minimum Gasteiger partial charge on any atom is -0.726 e. The minimum atomic E-state index is -4.59. The van der Waals surface area contributed by atoms with E-state index in [4.69, 9.17) is 0 Å². The number of rotatable bonds is 36. The maximum atomic E-state index is 11.0. The number of hydrogen-bond acceptors (Lipinski definition) is 4. The van der Waals surface area contributed by atoms with E-state index in [2.05, 4.69) is 18.0 Å². The van der Waals surface area contributed by atoms with Gasteiger partial charge in [0, 0.05) is 0 Å². The van der Waals surface area contributed by atoms with E-state index in [-0.39, 0.29) is 63.9 Å². The second-order valence-electron chi connectivity index (χ2n) is 13.4. The minimum absolute atomic E-state index is 0. The van der Waals surface area contributed by atoms with E-state index in [0.717, 1.165) is 25.7 Å². The third kappa shape index (κ3) is 41.5. The molecule has 1 unspecified atom stereocenters. The molecular weight excluding hydrogens is 580 g/mol. The van der Waals surface area contributed by atoms with Crippen molar-refractivity contribution in [1.82, 2.24) is 0 Å². The average molecular weight is 655 g/mol.